The Morgan fingerprint density at radius 1 is 1.53 bits per heavy atom. The maximum atomic E-state index is 11.5. The largest absolute Gasteiger partial charge is 0.463 e. The molecule has 17 heavy (non-hydrogen) atoms. The van der Waals surface area contributed by atoms with E-state index in [0.29, 0.717) is 11.3 Å². The minimum atomic E-state index is -0.516. The summed E-state index contributed by atoms with van der Waals surface area (Å²) >= 11 is 0. The van der Waals surface area contributed by atoms with Crippen molar-refractivity contribution in [3.05, 3.63) is 48.0 Å². The molecule has 0 aliphatic heterocycles. The average molecular weight is 227 g/mol. The van der Waals surface area contributed by atoms with Crippen LogP contribution in [0, 0.1) is 11.3 Å². The molecule has 0 saturated carbocycles. The monoisotopic (exact) mass is 227 g/mol. The van der Waals surface area contributed by atoms with Crippen molar-refractivity contribution in [2.75, 3.05) is 7.11 Å². The maximum Gasteiger partial charge on any atom is 0.374 e. The number of benzene rings is 1. The molecule has 0 bridgehead atoms. The highest BCUT2D eigenvalue weighted by Crippen LogP contribution is 2.13. The van der Waals surface area contributed by atoms with Gasteiger partial charge in [-0.3, -0.25) is 4.57 Å². The molecule has 0 radical (unpaired) electrons. The van der Waals surface area contributed by atoms with Gasteiger partial charge in [0.2, 0.25) is 5.82 Å². The van der Waals surface area contributed by atoms with Crippen molar-refractivity contribution in [2.45, 2.75) is 0 Å². The van der Waals surface area contributed by atoms with E-state index in [1.807, 2.05) is 6.07 Å². The first-order valence-electron chi connectivity index (χ1n) is 4.88. The molecule has 1 aromatic carbocycles. The van der Waals surface area contributed by atoms with Crippen molar-refractivity contribution >= 4 is 5.97 Å². The SMILES string of the molecule is COC(=O)c1nccn1-c1cccc(C#N)c1. The highest BCUT2D eigenvalue weighted by molar-refractivity contribution is 5.86. The zero-order valence-corrected chi connectivity index (χ0v) is 9.12. The van der Waals surface area contributed by atoms with Gasteiger partial charge in [-0.2, -0.15) is 5.26 Å². The van der Waals surface area contributed by atoms with Gasteiger partial charge in [0.1, 0.15) is 0 Å². The summed E-state index contributed by atoms with van der Waals surface area (Å²) in [5.41, 5.74) is 1.22. The summed E-state index contributed by atoms with van der Waals surface area (Å²) in [6, 6.07) is 8.94. The summed E-state index contributed by atoms with van der Waals surface area (Å²) in [5.74, 6) is -0.333. The highest BCUT2D eigenvalue weighted by Gasteiger charge is 2.13. The quantitative estimate of drug-likeness (QED) is 0.729. The fraction of sp³-hybridized carbons (Fsp3) is 0.0833. The number of carbonyl (C=O) groups is 1. The third-order valence-electron chi connectivity index (χ3n) is 2.26. The Labute approximate surface area is 97.9 Å². The van der Waals surface area contributed by atoms with Crippen LogP contribution in [0.25, 0.3) is 5.69 Å². The lowest BCUT2D eigenvalue weighted by Gasteiger charge is -2.06. The minimum Gasteiger partial charge on any atom is -0.463 e. The third kappa shape index (κ3) is 2.01. The first-order chi connectivity index (χ1) is 8.26. The normalized spacial score (nSPS) is 9.65. The van der Waals surface area contributed by atoms with Gasteiger partial charge in [-0.05, 0) is 18.2 Å². The topological polar surface area (TPSA) is 67.9 Å². The number of esters is 1. The number of carbonyl (C=O) groups excluding carboxylic acids is 1. The molecule has 0 aliphatic carbocycles. The number of aromatic nitrogens is 2. The fourth-order valence-corrected chi connectivity index (χ4v) is 1.48. The van der Waals surface area contributed by atoms with E-state index in [9.17, 15) is 4.79 Å². The Morgan fingerprint density at radius 2 is 2.35 bits per heavy atom. The van der Waals surface area contributed by atoms with Crippen molar-refractivity contribution < 1.29 is 9.53 Å². The predicted molar refractivity (Wildman–Crippen MR) is 59.6 cm³/mol. The molecule has 0 amide bonds. The van der Waals surface area contributed by atoms with Gasteiger partial charge in [0.25, 0.3) is 0 Å². The minimum absolute atomic E-state index is 0.183. The summed E-state index contributed by atoms with van der Waals surface area (Å²) < 4.78 is 6.20. The van der Waals surface area contributed by atoms with Gasteiger partial charge < -0.3 is 4.74 Å². The molecule has 2 rings (SSSR count). The van der Waals surface area contributed by atoms with Crippen molar-refractivity contribution in [3.8, 4) is 11.8 Å². The number of ether oxygens (including phenoxy) is 1. The molecule has 1 heterocycles. The van der Waals surface area contributed by atoms with E-state index in [4.69, 9.17) is 5.26 Å². The Kier molecular flexibility index (Phi) is 2.88. The van der Waals surface area contributed by atoms with Crippen LogP contribution in [0.5, 0.6) is 0 Å². The third-order valence-corrected chi connectivity index (χ3v) is 2.26. The molecule has 0 spiro atoms. The molecule has 0 aliphatic rings. The number of rotatable bonds is 2. The summed E-state index contributed by atoms with van der Waals surface area (Å²) in [6.45, 7) is 0. The van der Waals surface area contributed by atoms with Crippen LogP contribution < -0.4 is 0 Å². The Bertz CT molecular complexity index is 596. The maximum absolute atomic E-state index is 11.5. The van der Waals surface area contributed by atoms with Gasteiger partial charge in [0, 0.05) is 18.1 Å². The van der Waals surface area contributed by atoms with Crippen LogP contribution in [0.4, 0.5) is 0 Å². The molecule has 0 saturated heterocycles. The van der Waals surface area contributed by atoms with E-state index in [2.05, 4.69) is 9.72 Å². The number of hydrogen-bond donors (Lipinski definition) is 0. The molecule has 0 N–H and O–H groups in total. The number of nitrogens with zero attached hydrogens (tertiary/aromatic N) is 3. The second-order valence-corrected chi connectivity index (χ2v) is 3.27. The molecule has 0 unspecified atom stereocenters. The summed E-state index contributed by atoms with van der Waals surface area (Å²) in [6.07, 6.45) is 3.15. The summed E-state index contributed by atoms with van der Waals surface area (Å²) in [4.78, 5) is 15.4. The van der Waals surface area contributed by atoms with E-state index >= 15 is 0 Å². The predicted octanol–water partition coefficient (Wildman–Crippen LogP) is 1.53. The number of imidazole rings is 1. The molecule has 5 heteroatoms. The highest BCUT2D eigenvalue weighted by atomic mass is 16.5. The van der Waals surface area contributed by atoms with E-state index in [-0.39, 0.29) is 5.82 Å². The average Bonchev–Trinajstić information content (AvgIpc) is 2.87. The molecular formula is C12H9N3O2. The molecule has 5 nitrogen and oxygen atoms in total. The Balaban J connectivity index is 2.50. The second-order valence-electron chi connectivity index (χ2n) is 3.27. The van der Waals surface area contributed by atoms with Gasteiger partial charge in [-0.25, -0.2) is 9.78 Å². The summed E-state index contributed by atoms with van der Waals surface area (Å²) in [5, 5.41) is 8.82. The van der Waals surface area contributed by atoms with Crippen LogP contribution in [0.2, 0.25) is 0 Å². The molecule has 2 aromatic rings. The van der Waals surface area contributed by atoms with Crippen LogP contribution in [0.15, 0.2) is 36.7 Å². The Hall–Kier alpha value is -2.61. The molecule has 0 fully saturated rings. The lowest BCUT2D eigenvalue weighted by atomic mass is 10.2. The van der Waals surface area contributed by atoms with Gasteiger partial charge in [-0.1, -0.05) is 6.07 Å². The van der Waals surface area contributed by atoms with Crippen LogP contribution >= 0.6 is 0 Å². The zero-order chi connectivity index (χ0) is 12.3. The van der Waals surface area contributed by atoms with Crippen molar-refractivity contribution in [1.82, 2.24) is 9.55 Å². The van der Waals surface area contributed by atoms with Crippen molar-refractivity contribution in [2.24, 2.45) is 0 Å². The van der Waals surface area contributed by atoms with Crippen molar-refractivity contribution in [1.29, 1.82) is 5.26 Å². The lowest BCUT2D eigenvalue weighted by Crippen LogP contribution is -2.10. The van der Waals surface area contributed by atoms with Crippen LogP contribution in [-0.2, 0) is 4.74 Å². The van der Waals surface area contributed by atoms with E-state index in [1.165, 1.54) is 13.3 Å². The summed E-state index contributed by atoms with van der Waals surface area (Å²) in [7, 11) is 1.30. The standard InChI is InChI=1S/C12H9N3O2/c1-17-12(16)11-14-5-6-15(11)10-4-2-3-9(7-10)8-13/h2-7H,1H3. The first-order valence-corrected chi connectivity index (χ1v) is 4.88. The number of nitriles is 1. The van der Waals surface area contributed by atoms with E-state index in [1.54, 1.807) is 35.0 Å². The molecule has 84 valence electrons. The van der Waals surface area contributed by atoms with Crippen LogP contribution in [-0.4, -0.2) is 22.6 Å². The first kappa shape index (κ1) is 10.9. The van der Waals surface area contributed by atoms with Gasteiger partial charge in [-0.15, -0.1) is 0 Å². The number of hydrogen-bond acceptors (Lipinski definition) is 4. The van der Waals surface area contributed by atoms with Gasteiger partial charge >= 0.3 is 5.97 Å². The number of methoxy groups -OCH3 is 1. The molecule has 0 atom stereocenters. The van der Waals surface area contributed by atoms with Crippen LogP contribution in [0.3, 0.4) is 0 Å². The molecular weight excluding hydrogens is 218 g/mol. The van der Waals surface area contributed by atoms with Crippen molar-refractivity contribution in [3.63, 3.8) is 0 Å². The fourth-order valence-electron chi connectivity index (χ4n) is 1.48. The van der Waals surface area contributed by atoms with Crippen LogP contribution in [0.1, 0.15) is 16.2 Å². The molecule has 1 aromatic heterocycles. The van der Waals surface area contributed by atoms with Gasteiger partial charge in [0.15, 0.2) is 0 Å². The Morgan fingerprint density at radius 3 is 3.06 bits per heavy atom. The second kappa shape index (κ2) is 4.49. The van der Waals surface area contributed by atoms with E-state index in [0.717, 1.165) is 0 Å². The smallest absolute Gasteiger partial charge is 0.374 e. The van der Waals surface area contributed by atoms with Gasteiger partial charge in [0.05, 0.1) is 18.7 Å². The zero-order valence-electron chi connectivity index (χ0n) is 9.12. The lowest BCUT2D eigenvalue weighted by molar-refractivity contribution is 0.0584. The van der Waals surface area contributed by atoms with E-state index < -0.39 is 5.97 Å².